The van der Waals surface area contributed by atoms with Crippen molar-refractivity contribution in [2.75, 3.05) is 5.32 Å². The van der Waals surface area contributed by atoms with Gasteiger partial charge in [0, 0.05) is 23.2 Å². The fourth-order valence-corrected chi connectivity index (χ4v) is 2.84. The third-order valence-corrected chi connectivity index (χ3v) is 4.25. The number of amides is 1. The number of nitrogens with one attached hydrogen (secondary N) is 1. The van der Waals surface area contributed by atoms with Crippen LogP contribution < -0.4 is 5.32 Å². The second-order valence-electron chi connectivity index (χ2n) is 6.29. The molecule has 0 saturated carbocycles. The van der Waals surface area contributed by atoms with E-state index in [9.17, 15) is 22.8 Å². The van der Waals surface area contributed by atoms with Crippen LogP contribution in [0.3, 0.4) is 0 Å². The van der Waals surface area contributed by atoms with Crippen LogP contribution in [0, 0.1) is 0 Å². The van der Waals surface area contributed by atoms with Crippen molar-refractivity contribution in [2.45, 2.75) is 6.18 Å². The highest BCUT2D eigenvalue weighted by Gasteiger charge is 2.31. The zero-order valence-electron chi connectivity index (χ0n) is 15.4. The van der Waals surface area contributed by atoms with E-state index in [0.717, 1.165) is 35.7 Å². The Labute approximate surface area is 169 Å². The second kappa shape index (κ2) is 8.20. The van der Waals surface area contributed by atoms with Gasteiger partial charge in [-0.25, -0.2) is 4.79 Å². The van der Waals surface area contributed by atoms with Crippen LogP contribution >= 0.6 is 0 Å². The van der Waals surface area contributed by atoms with Crippen molar-refractivity contribution < 1.29 is 27.9 Å². The summed E-state index contributed by atoms with van der Waals surface area (Å²) in [4.78, 5) is 27.9. The van der Waals surface area contributed by atoms with Gasteiger partial charge in [0.15, 0.2) is 0 Å². The number of carbonyl (C=O) groups is 2. The Morgan fingerprint density at radius 2 is 1.77 bits per heavy atom. The van der Waals surface area contributed by atoms with Gasteiger partial charge in [0.05, 0.1) is 16.8 Å². The lowest BCUT2D eigenvalue weighted by molar-refractivity contribution is -0.137. The molecule has 0 unspecified atom stereocenters. The monoisotopic (exact) mass is 412 g/mol. The molecule has 0 fully saturated rings. The van der Waals surface area contributed by atoms with E-state index in [2.05, 4.69) is 16.9 Å². The highest BCUT2D eigenvalue weighted by Crippen LogP contribution is 2.33. The van der Waals surface area contributed by atoms with Crippen molar-refractivity contribution >= 4 is 34.0 Å². The zero-order chi connectivity index (χ0) is 21.9. The Morgan fingerprint density at radius 3 is 2.47 bits per heavy atom. The number of fused-ring (bicyclic) bond motifs is 1. The van der Waals surface area contributed by atoms with Crippen molar-refractivity contribution in [2.24, 2.45) is 0 Å². The Morgan fingerprint density at radius 1 is 1.03 bits per heavy atom. The smallest absolute Gasteiger partial charge is 0.416 e. The van der Waals surface area contributed by atoms with Gasteiger partial charge in [-0.05, 0) is 47.5 Å². The summed E-state index contributed by atoms with van der Waals surface area (Å²) in [5, 5.41) is 12.2. The molecule has 0 aliphatic carbocycles. The lowest BCUT2D eigenvalue weighted by atomic mass is 9.96. The first-order chi connectivity index (χ1) is 14.2. The van der Waals surface area contributed by atoms with Crippen LogP contribution in [0.2, 0.25) is 0 Å². The fourth-order valence-electron chi connectivity index (χ4n) is 2.84. The highest BCUT2D eigenvalue weighted by atomic mass is 19.4. The minimum Gasteiger partial charge on any atom is -0.478 e. The number of alkyl halides is 3. The van der Waals surface area contributed by atoms with E-state index in [1.807, 2.05) is 0 Å². The number of carboxylic acid groups (broad SMARTS) is 1. The van der Waals surface area contributed by atoms with Gasteiger partial charge in [0.2, 0.25) is 0 Å². The molecule has 3 rings (SSSR count). The van der Waals surface area contributed by atoms with E-state index in [4.69, 9.17) is 5.11 Å². The SMILES string of the molecule is C=C(/C=C/C(=O)O)c1cc(C(F)(F)F)ccc1C(=O)Nc1cccc2cccnc12. The summed E-state index contributed by atoms with van der Waals surface area (Å²) in [5.41, 5.74) is -0.346. The van der Waals surface area contributed by atoms with Gasteiger partial charge in [0.25, 0.3) is 5.91 Å². The molecule has 3 aromatic rings. The number of carbonyl (C=O) groups excluding carboxylic acids is 1. The standard InChI is InChI=1S/C22H15F3N2O3/c1-13(7-10-19(28)29)17-12-15(22(23,24)25)8-9-16(17)21(30)27-18-6-2-4-14-5-3-11-26-20(14)18/h2-12H,1H2,(H,27,30)(H,28,29)/b10-7+. The molecule has 0 atom stereocenters. The highest BCUT2D eigenvalue weighted by molar-refractivity contribution is 6.11. The summed E-state index contributed by atoms with van der Waals surface area (Å²) in [5.74, 6) is -1.97. The molecule has 2 aromatic carbocycles. The maximum Gasteiger partial charge on any atom is 0.416 e. The van der Waals surface area contributed by atoms with Crippen LogP contribution in [-0.4, -0.2) is 22.0 Å². The first-order valence-electron chi connectivity index (χ1n) is 8.63. The third-order valence-electron chi connectivity index (χ3n) is 4.25. The van der Waals surface area contributed by atoms with Crippen molar-refractivity contribution in [1.82, 2.24) is 4.98 Å². The number of rotatable bonds is 5. The molecule has 0 aliphatic heterocycles. The van der Waals surface area contributed by atoms with Crippen LogP contribution in [0.5, 0.6) is 0 Å². The molecule has 8 heteroatoms. The summed E-state index contributed by atoms with van der Waals surface area (Å²) in [7, 11) is 0. The van der Waals surface area contributed by atoms with Gasteiger partial charge in [-0.2, -0.15) is 13.2 Å². The minimum atomic E-state index is -4.64. The van der Waals surface area contributed by atoms with Crippen molar-refractivity contribution in [3.05, 3.63) is 90.1 Å². The largest absolute Gasteiger partial charge is 0.478 e. The molecule has 0 bridgehead atoms. The number of aromatic nitrogens is 1. The summed E-state index contributed by atoms with van der Waals surface area (Å²) in [6.45, 7) is 3.61. The van der Waals surface area contributed by atoms with Crippen molar-refractivity contribution in [3.63, 3.8) is 0 Å². The van der Waals surface area contributed by atoms with Gasteiger partial charge in [0.1, 0.15) is 0 Å². The third kappa shape index (κ3) is 4.54. The maximum atomic E-state index is 13.1. The van der Waals surface area contributed by atoms with Crippen molar-refractivity contribution in [1.29, 1.82) is 0 Å². The number of nitrogens with zero attached hydrogens (tertiary/aromatic N) is 1. The number of para-hydroxylation sites is 1. The van der Waals surface area contributed by atoms with Gasteiger partial charge in [-0.1, -0.05) is 24.8 Å². The molecule has 0 spiro atoms. The predicted octanol–water partition coefficient (Wildman–Crippen LogP) is 5.16. The van der Waals surface area contributed by atoms with Gasteiger partial charge in [-0.15, -0.1) is 0 Å². The van der Waals surface area contributed by atoms with Crippen LogP contribution in [0.1, 0.15) is 21.5 Å². The summed E-state index contributed by atoms with van der Waals surface area (Å²) in [6, 6.07) is 11.3. The van der Waals surface area contributed by atoms with E-state index in [1.54, 1.807) is 36.5 Å². The molecular weight excluding hydrogens is 397 g/mol. The Hall–Kier alpha value is -3.94. The maximum absolute atomic E-state index is 13.1. The number of anilines is 1. The van der Waals surface area contributed by atoms with Crippen LogP contribution in [0.4, 0.5) is 18.9 Å². The van der Waals surface area contributed by atoms with Crippen molar-refractivity contribution in [3.8, 4) is 0 Å². The zero-order valence-corrected chi connectivity index (χ0v) is 15.4. The first kappa shape index (κ1) is 20.8. The number of allylic oxidation sites excluding steroid dienone is 2. The first-order valence-corrected chi connectivity index (χ1v) is 8.63. The Kier molecular flexibility index (Phi) is 5.68. The van der Waals surface area contributed by atoms with E-state index in [0.29, 0.717) is 11.2 Å². The number of hydrogen-bond acceptors (Lipinski definition) is 3. The lowest BCUT2D eigenvalue weighted by Crippen LogP contribution is -2.16. The van der Waals surface area contributed by atoms with Crippen LogP contribution in [-0.2, 0) is 11.0 Å². The van der Waals surface area contributed by atoms with Crippen LogP contribution in [0.15, 0.2) is 73.5 Å². The number of halogens is 3. The Balaban J connectivity index is 2.04. The molecular formula is C22H15F3N2O3. The number of hydrogen-bond donors (Lipinski definition) is 2. The summed E-state index contributed by atoms with van der Waals surface area (Å²) < 4.78 is 39.4. The summed E-state index contributed by atoms with van der Waals surface area (Å²) in [6.07, 6.45) is -1.31. The average molecular weight is 412 g/mol. The topological polar surface area (TPSA) is 79.3 Å². The molecule has 30 heavy (non-hydrogen) atoms. The fraction of sp³-hybridized carbons (Fsp3) is 0.0455. The molecule has 5 nitrogen and oxygen atoms in total. The molecule has 0 radical (unpaired) electrons. The second-order valence-corrected chi connectivity index (χ2v) is 6.29. The quantitative estimate of drug-likeness (QED) is 0.448. The van der Waals surface area contributed by atoms with E-state index in [1.165, 1.54) is 0 Å². The number of carboxylic acids is 1. The predicted molar refractivity (Wildman–Crippen MR) is 107 cm³/mol. The number of pyridine rings is 1. The molecule has 1 aromatic heterocycles. The molecule has 0 aliphatic rings. The average Bonchev–Trinajstić information content (AvgIpc) is 2.71. The van der Waals surface area contributed by atoms with E-state index < -0.39 is 23.6 Å². The normalized spacial score (nSPS) is 11.6. The van der Waals surface area contributed by atoms with Gasteiger partial charge in [-0.3, -0.25) is 9.78 Å². The number of aliphatic carboxylic acids is 1. The molecule has 2 N–H and O–H groups in total. The van der Waals surface area contributed by atoms with E-state index in [-0.39, 0.29) is 16.7 Å². The number of benzene rings is 2. The molecule has 0 saturated heterocycles. The molecule has 1 amide bonds. The minimum absolute atomic E-state index is 0.0512. The van der Waals surface area contributed by atoms with Crippen LogP contribution in [0.25, 0.3) is 16.5 Å². The molecule has 152 valence electrons. The van der Waals surface area contributed by atoms with Gasteiger partial charge < -0.3 is 10.4 Å². The van der Waals surface area contributed by atoms with Gasteiger partial charge >= 0.3 is 12.1 Å². The lowest BCUT2D eigenvalue weighted by Gasteiger charge is -2.14. The summed E-state index contributed by atoms with van der Waals surface area (Å²) >= 11 is 0. The Bertz CT molecular complexity index is 1180. The molecule has 1 heterocycles. The van der Waals surface area contributed by atoms with E-state index >= 15 is 0 Å².